The normalized spacial score (nSPS) is 14.4. The molecule has 3 heterocycles. The lowest BCUT2D eigenvalue weighted by atomic mass is 9.33. The maximum absolute atomic E-state index is 2.72. The van der Waals surface area contributed by atoms with Gasteiger partial charge in [0.05, 0.1) is 33.2 Å². The summed E-state index contributed by atoms with van der Waals surface area (Å²) in [6, 6.07) is 130. The van der Waals surface area contributed by atoms with Crippen LogP contribution in [0.4, 0.5) is 34.1 Å². The molecule has 1 aromatic heterocycles. The minimum Gasteiger partial charge on any atom is -0.311 e. The minimum absolute atomic E-state index is 0.235. The molecule has 0 saturated carbocycles. The van der Waals surface area contributed by atoms with E-state index in [0.717, 1.165) is 28.4 Å². The Morgan fingerprint density at radius 2 is 0.646 bits per heavy atom. The summed E-state index contributed by atoms with van der Waals surface area (Å²) in [5, 5.41) is 2.45. The topological polar surface area (TPSA) is 11.4 Å². The zero-order valence-corrected chi connectivity index (χ0v) is 52.3. The van der Waals surface area contributed by atoms with E-state index in [1.165, 1.54) is 161 Å². The van der Waals surface area contributed by atoms with Crippen molar-refractivity contribution in [3.63, 3.8) is 0 Å². The lowest BCUT2D eigenvalue weighted by Crippen LogP contribution is -2.61. The van der Waals surface area contributed by atoms with Gasteiger partial charge in [0.2, 0.25) is 0 Å². The highest BCUT2D eigenvalue weighted by Gasteiger charge is 2.56. The predicted molar refractivity (Wildman–Crippen MR) is 398 cm³/mol. The second kappa shape index (κ2) is 19.2. The molecule has 6 aliphatic rings. The van der Waals surface area contributed by atoms with Crippen LogP contribution in [0.2, 0.25) is 0 Å². The summed E-state index contributed by atoms with van der Waals surface area (Å²) >= 11 is 0. The molecule has 0 saturated heterocycles. The van der Waals surface area contributed by atoms with E-state index in [-0.39, 0.29) is 6.71 Å². The van der Waals surface area contributed by atoms with Crippen molar-refractivity contribution < 1.29 is 0 Å². The summed E-state index contributed by atoms with van der Waals surface area (Å²) in [7, 11) is 0. The molecule has 3 nitrogen and oxygen atoms in total. The van der Waals surface area contributed by atoms with Crippen molar-refractivity contribution in [1.29, 1.82) is 0 Å². The Hall–Kier alpha value is -12.2. The van der Waals surface area contributed by atoms with Crippen LogP contribution in [0.5, 0.6) is 0 Å². The standard InChI is InChI=1S/C92H56BN3/c1-3-24-57(25-4-1)59-46-49-61(50-47-59)94-86-55-72-68-33-12-17-39-75(68)91(73-37-15-7-28-63(73)64-29-8-16-38-74(64)91)79(72)56-81(86)93-80-52-60(58-26-5-2-6-27-58)48-51-84(80)96(88-54-62(53-87(94)90(88)93)95-82-43-21-13-34-69(82)70-35-14-22-44-83(70)95)85-45-23-36-71-67-32-11-20-42-78(67)92(89(71)85)76-40-18-9-30-65(76)66-31-10-19-41-77(66)92/h1-56H. The summed E-state index contributed by atoms with van der Waals surface area (Å²) in [6.07, 6.45) is 0. The molecule has 96 heavy (non-hydrogen) atoms. The molecule has 0 radical (unpaired) electrons. The van der Waals surface area contributed by atoms with E-state index in [4.69, 9.17) is 0 Å². The third-order valence-electron chi connectivity index (χ3n) is 22.6. The molecule has 0 N–H and O–H groups in total. The van der Waals surface area contributed by atoms with Gasteiger partial charge in [0, 0.05) is 44.8 Å². The van der Waals surface area contributed by atoms with Crippen molar-refractivity contribution in [2.75, 3.05) is 9.80 Å². The van der Waals surface area contributed by atoms with E-state index in [9.17, 15) is 0 Å². The predicted octanol–water partition coefficient (Wildman–Crippen LogP) is 20.9. The van der Waals surface area contributed by atoms with Crippen LogP contribution in [0.25, 0.3) is 94.3 Å². The fraction of sp³-hybridized carbons (Fsp3) is 0.0217. The number of hydrogen-bond donors (Lipinski definition) is 0. The van der Waals surface area contributed by atoms with Gasteiger partial charge in [0.15, 0.2) is 0 Å². The van der Waals surface area contributed by atoms with Crippen LogP contribution in [0.15, 0.2) is 340 Å². The molecular weight excluding hydrogens is 1160 g/mol. The van der Waals surface area contributed by atoms with Crippen LogP contribution >= 0.6 is 0 Å². The first-order valence-electron chi connectivity index (χ1n) is 33.7. The van der Waals surface area contributed by atoms with Gasteiger partial charge >= 0.3 is 0 Å². The van der Waals surface area contributed by atoms with Gasteiger partial charge in [0.1, 0.15) is 0 Å². The molecule has 15 aromatic carbocycles. The van der Waals surface area contributed by atoms with Crippen molar-refractivity contribution in [3.05, 3.63) is 384 Å². The quantitative estimate of drug-likeness (QED) is 0.159. The smallest absolute Gasteiger partial charge is 0.252 e. The number of rotatable bonds is 5. The van der Waals surface area contributed by atoms with Crippen LogP contribution in [0.1, 0.15) is 44.5 Å². The second-order valence-electron chi connectivity index (χ2n) is 26.9. The van der Waals surface area contributed by atoms with Crippen LogP contribution in [0.3, 0.4) is 0 Å². The average Bonchev–Trinajstić information content (AvgIpc) is 1.46. The van der Waals surface area contributed by atoms with Gasteiger partial charge < -0.3 is 14.4 Å². The van der Waals surface area contributed by atoms with Gasteiger partial charge in [-0.3, -0.25) is 0 Å². The number of fused-ring (bicyclic) bond motifs is 27. The molecule has 442 valence electrons. The van der Waals surface area contributed by atoms with Crippen LogP contribution in [-0.2, 0) is 10.8 Å². The van der Waals surface area contributed by atoms with Gasteiger partial charge in [-0.25, -0.2) is 0 Å². The Labute approximate surface area is 557 Å². The third kappa shape index (κ3) is 6.58. The van der Waals surface area contributed by atoms with Crippen molar-refractivity contribution in [2.24, 2.45) is 0 Å². The fourth-order valence-electron chi connectivity index (χ4n) is 19.0. The molecule has 4 aliphatic carbocycles. The maximum Gasteiger partial charge on any atom is 0.252 e. The SMILES string of the molecule is c1ccc(-c2ccc(N3c4cc5c(cc4B4c6cc(-c7ccccc7)ccc6N(c6cccc7c6C6(c8ccccc8-c8ccccc86)c6ccccc6-7)c6cc(-n7c8ccccc8c8ccccc87)cc3c64)C3(c4ccccc4-c4ccccc43)c3ccccc3-5)cc2)cc1. The number of para-hydroxylation sites is 2. The molecule has 0 bridgehead atoms. The fourth-order valence-corrected chi connectivity index (χ4v) is 19.0. The number of anilines is 6. The zero-order valence-electron chi connectivity index (χ0n) is 52.3. The van der Waals surface area contributed by atoms with Crippen LogP contribution < -0.4 is 26.2 Å². The molecule has 2 spiro atoms. The lowest BCUT2D eigenvalue weighted by Gasteiger charge is -2.46. The highest BCUT2D eigenvalue weighted by Crippen LogP contribution is 2.67. The molecule has 0 atom stereocenters. The minimum atomic E-state index is -0.641. The summed E-state index contributed by atoms with van der Waals surface area (Å²) in [4.78, 5) is 5.38. The Bertz CT molecular complexity index is 5900. The molecule has 0 amide bonds. The maximum atomic E-state index is 2.72. The van der Waals surface area contributed by atoms with Crippen molar-refractivity contribution >= 4 is 79.0 Å². The number of nitrogens with zero attached hydrogens (tertiary/aromatic N) is 3. The van der Waals surface area contributed by atoms with Crippen molar-refractivity contribution in [3.8, 4) is 72.4 Å². The summed E-state index contributed by atoms with van der Waals surface area (Å²) in [5.41, 5.74) is 38.5. The molecule has 16 aromatic rings. The summed E-state index contributed by atoms with van der Waals surface area (Å²) in [5.74, 6) is 0. The van der Waals surface area contributed by atoms with Gasteiger partial charge in [-0.15, -0.1) is 0 Å². The zero-order chi connectivity index (χ0) is 62.5. The van der Waals surface area contributed by atoms with Gasteiger partial charge in [0.25, 0.3) is 6.71 Å². The number of benzene rings is 15. The van der Waals surface area contributed by atoms with Gasteiger partial charge in [-0.1, -0.05) is 285 Å². The van der Waals surface area contributed by atoms with Crippen LogP contribution in [-0.4, -0.2) is 11.3 Å². The van der Waals surface area contributed by atoms with Crippen molar-refractivity contribution in [2.45, 2.75) is 10.8 Å². The number of hydrogen-bond acceptors (Lipinski definition) is 2. The van der Waals surface area contributed by atoms with E-state index in [1.807, 2.05) is 0 Å². The summed E-state index contributed by atoms with van der Waals surface area (Å²) < 4.78 is 2.54. The molecule has 4 heteroatoms. The monoisotopic (exact) mass is 1210 g/mol. The highest BCUT2D eigenvalue weighted by molar-refractivity contribution is 7.00. The van der Waals surface area contributed by atoms with Gasteiger partial charge in [-0.2, -0.15) is 0 Å². The molecule has 2 aliphatic heterocycles. The molecular formula is C92H56BN3. The van der Waals surface area contributed by atoms with Crippen molar-refractivity contribution in [1.82, 2.24) is 4.57 Å². The first-order chi connectivity index (χ1) is 47.7. The molecule has 0 fully saturated rings. The summed E-state index contributed by atoms with van der Waals surface area (Å²) in [6.45, 7) is -0.235. The Morgan fingerprint density at radius 3 is 1.20 bits per heavy atom. The first kappa shape index (κ1) is 52.3. The molecule has 22 rings (SSSR count). The lowest BCUT2D eigenvalue weighted by molar-refractivity contribution is 0.793. The van der Waals surface area contributed by atoms with Crippen LogP contribution in [0, 0.1) is 0 Å². The van der Waals surface area contributed by atoms with E-state index >= 15 is 0 Å². The Balaban J connectivity index is 0.911. The second-order valence-corrected chi connectivity index (χ2v) is 26.9. The number of aromatic nitrogens is 1. The van der Waals surface area contributed by atoms with E-state index in [0.29, 0.717) is 0 Å². The largest absolute Gasteiger partial charge is 0.311 e. The average molecular weight is 1210 g/mol. The van der Waals surface area contributed by atoms with Gasteiger partial charge in [-0.05, 0) is 177 Å². The Kier molecular flexibility index (Phi) is 10.5. The molecule has 0 unspecified atom stereocenters. The Morgan fingerprint density at radius 1 is 0.229 bits per heavy atom. The van der Waals surface area contributed by atoms with E-state index < -0.39 is 10.8 Å². The van der Waals surface area contributed by atoms with E-state index in [2.05, 4.69) is 354 Å². The highest BCUT2D eigenvalue weighted by atomic mass is 15.2. The van der Waals surface area contributed by atoms with E-state index in [1.54, 1.807) is 0 Å². The first-order valence-corrected chi connectivity index (χ1v) is 33.7. The third-order valence-corrected chi connectivity index (χ3v) is 22.6.